The Bertz CT molecular complexity index is 508. The smallest absolute Gasteiger partial charge is 0.224 e. The van der Waals surface area contributed by atoms with Crippen molar-refractivity contribution in [2.75, 3.05) is 19.6 Å². The number of benzene rings is 1. The Balaban J connectivity index is 1.60. The van der Waals surface area contributed by atoms with Gasteiger partial charge in [0.2, 0.25) is 5.91 Å². The fourth-order valence-corrected chi connectivity index (χ4v) is 3.89. The second kappa shape index (κ2) is 7.28. The Morgan fingerprint density at radius 1 is 1.09 bits per heavy atom. The normalized spacial score (nSPS) is 21.9. The average molecular weight is 300 g/mol. The lowest BCUT2D eigenvalue weighted by Gasteiger charge is -2.33. The predicted octanol–water partition coefficient (Wildman–Crippen LogP) is 3.36. The van der Waals surface area contributed by atoms with E-state index in [1.165, 1.54) is 43.2 Å². The Labute approximate surface area is 134 Å². The molecular formula is C19H28N2O. The van der Waals surface area contributed by atoms with Crippen molar-refractivity contribution in [1.29, 1.82) is 0 Å². The van der Waals surface area contributed by atoms with Gasteiger partial charge in [-0.25, -0.2) is 0 Å². The number of carbonyl (C=O) groups is 1. The minimum atomic E-state index is 0.319. The molecule has 0 radical (unpaired) electrons. The first kappa shape index (κ1) is 15.5. The maximum atomic E-state index is 12.4. The molecule has 1 aromatic carbocycles. The summed E-state index contributed by atoms with van der Waals surface area (Å²) < 4.78 is 0. The second-order valence-corrected chi connectivity index (χ2v) is 6.88. The number of carbonyl (C=O) groups excluding carboxylic acids is 1. The highest BCUT2D eigenvalue weighted by molar-refractivity contribution is 5.76. The zero-order valence-corrected chi connectivity index (χ0v) is 13.8. The molecule has 0 bridgehead atoms. The van der Waals surface area contributed by atoms with Crippen molar-refractivity contribution >= 4 is 5.91 Å². The van der Waals surface area contributed by atoms with Gasteiger partial charge in [0.25, 0.3) is 0 Å². The molecule has 1 aliphatic carbocycles. The predicted molar refractivity (Wildman–Crippen MR) is 89.7 cm³/mol. The highest BCUT2D eigenvalue weighted by Crippen LogP contribution is 2.24. The van der Waals surface area contributed by atoms with E-state index < -0.39 is 0 Å². The highest BCUT2D eigenvalue weighted by Gasteiger charge is 2.26. The molecule has 3 rings (SSSR count). The molecule has 1 amide bonds. The van der Waals surface area contributed by atoms with E-state index in [0.717, 1.165) is 32.2 Å². The van der Waals surface area contributed by atoms with Gasteiger partial charge >= 0.3 is 0 Å². The van der Waals surface area contributed by atoms with Crippen LogP contribution in [-0.4, -0.2) is 41.4 Å². The molecule has 0 N–H and O–H groups in total. The summed E-state index contributed by atoms with van der Waals surface area (Å²) in [5.74, 6) is 0.319. The van der Waals surface area contributed by atoms with Crippen LogP contribution in [0.5, 0.6) is 0 Å². The van der Waals surface area contributed by atoms with E-state index in [2.05, 4.69) is 41.0 Å². The molecule has 0 aromatic heterocycles. The second-order valence-electron chi connectivity index (χ2n) is 6.88. The van der Waals surface area contributed by atoms with Crippen LogP contribution in [0.25, 0.3) is 0 Å². The summed E-state index contributed by atoms with van der Waals surface area (Å²) in [6.45, 7) is 5.75. The van der Waals surface area contributed by atoms with Gasteiger partial charge in [-0.3, -0.25) is 9.69 Å². The molecule has 3 nitrogen and oxygen atoms in total. The van der Waals surface area contributed by atoms with Gasteiger partial charge < -0.3 is 4.90 Å². The molecule has 22 heavy (non-hydrogen) atoms. The first-order chi connectivity index (χ1) is 10.7. The van der Waals surface area contributed by atoms with Crippen molar-refractivity contribution in [3.63, 3.8) is 0 Å². The minimum absolute atomic E-state index is 0.319. The largest absolute Gasteiger partial charge is 0.337 e. The molecule has 0 unspecified atom stereocenters. The van der Waals surface area contributed by atoms with E-state index in [4.69, 9.17) is 0 Å². The Kier molecular flexibility index (Phi) is 5.14. The average Bonchev–Trinajstić information content (AvgIpc) is 2.71. The molecule has 1 heterocycles. The standard InChI is InChI=1S/C19H28N2O/c1-16-6-5-7-17(14-16)15-21-13-12-20(11-10-19(21)22)18-8-3-2-4-9-18/h5-7,14,18H,2-4,8-13,15H2,1H3. The summed E-state index contributed by atoms with van der Waals surface area (Å²) in [6.07, 6.45) is 7.45. The van der Waals surface area contributed by atoms with Gasteiger partial charge in [-0.1, -0.05) is 49.1 Å². The van der Waals surface area contributed by atoms with Crippen LogP contribution in [0.1, 0.15) is 49.7 Å². The van der Waals surface area contributed by atoms with Crippen molar-refractivity contribution in [3.8, 4) is 0 Å². The van der Waals surface area contributed by atoms with Gasteiger partial charge in [0.15, 0.2) is 0 Å². The van der Waals surface area contributed by atoms with Crippen molar-refractivity contribution in [2.45, 2.75) is 58.0 Å². The number of hydrogen-bond donors (Lipinski definition) is 0. The van der Waals surface area contributed by atoms with Gasteiger partial charge in [-0.05, 0) is 25.3 Å². The molecule has 120 valence electrons. The van der Waals surface area contributed by atoms with Gasteiger partial charge in [-0.2, -0.15) is 0 Å². The van der Waals surface area contributed by atoms with Crippen LogP contribution < -0.4 is 0 Å². The summed E-state index contributed by atoms with van der Waals surface area (Å²) in [5.41, 5.74) is 2.52. The lowest BCUT2D eigenvalue weighted by Crippen LogP contribution is -2.39. The number of amides is 1. The van der Waals surface area contributed by atoms with Gasteiger partial charge in [-0.15, -0.1) is 0 Å². The number of hydrogen-bond acceptors (Lipinski definition) is 2. The molecule has 1 saturated heterocycles. The molecule has 2 aliphatic rings. The van der Waals surface area contributed by atoms with E-state index in [9.17, 15) is 4.79 Å². The quantitative estimate of drug-likeness (QED) is 0.854. The lowest BCUT2D eigenvalue weighted by atomic mass is 9.94. The minimum Gasteiger partial charge on any atom is -0.337 e. The third kappa shape index (κ3) is 3.89. The molecule has 0 atom stereocenters. The maximum absolute atomic E-state index is 12.4. The number of aryl methyl sites for hydroxylation is 1. The summed E-state index contributed by atoms with van der Waals surface area (Å²) in [7, 11) is 0. The van der Waals surface area contributed by atoms with Crippen LogP contribution in [0.4, 0.5) is 0 Å². The monoisotopic (exact) mass is 300 g/mol. The van der Waals surface area contributed by atoms with Crippen LogP contribution in [0.2, 0.25) is 0 Å². The molecule has 2 fully saturated rings. The van der Waals surface area contributed by atoms with Crippen molar-refractivity contribution in [1.82, 2.24) is 9.80 Å². The molecule has 1 aromatic rings. The van der Waals surface area contributed by atoms with Crippen LogP contribution in [0.15, 0.2) is 24.3 Å². The Morgan fingerprint density at radius 3 is 2.68 bits per heavy atom. The summed E-state index contributed by atoms with van der Waals surface area (Å²) in [6, 6.07) is 9.24. The van der Waals surface area contributed by atoms with E-state index in [0.29, 0.717) is 12.3 Å². The molecule has 1 aliphatic heterocycles. The fraction of sp³-hybridized carbons (Fsp3) is 0.632. The zero-order valence-electron chi connectivity index (χ0n) is 13.8. The highest BCUT2D eigenvalue weighted by atomic mass is 16.2. The van der Waals surface area contributed by atoms with E-state index in [1.807, 2.05) is 0 Å². The third-order valence-corrected chi connectivity index (χ3v) is 5.17. The third-order valence-electron chi connectivity index (χ3n) is 5.17. The first-order valence-corrected chi connectivity index (χ1v) is 8.80. The topological polar surface area (TPSA) is 23.6 Å². The Morgan fingerprint density at radius 2 is 1.91 bits per heavy atom. The van der Waals surface area contributed by atoms with Gasteiger partial charge in [0.05, 0.1) is 0 Å². The van der Waals surface area contributed by atoms with E-state index in [-0.39, 0.29) is 0 Å². The van der Waals surface area contributed by atoms with E-state index in [1.54, 1.807) is 0 Å². The number of rotatable bonds is 3. The van der Waals surface area contributed by atoms with Crippen molar-refractivity contribution < 1.29 is 4.79 Å². The molecular weight excluding hydrogens is 272 g/mol. The summed E-state index contributed by atoms with van der Waals surface area (Å²) in [5, 5.41) is 0. The van der Waals surface area contributed by atoms with Gasteiger partial charge in [0, 0.05) is 38.6 Å². The SMILES string of the molecule is Cc1cccc(CN2CCN(C3CCCCC3)CCC2=O)c1. The van der Waals surface area contributed by atoms with Crippen LogP contribution in [0.3, 0.4) is 0 Å². The zero-order chi connectivity index (χ0) is 15.4. The molecule has 3 heteroatoms. The van der Waals surface area contributed by atoms with Crippen molar-refractivity contribution in [3.05, 3.63) is 35.4 Å². The van der Waals surface area contributed by atoms with Gasteiger partial charge in [0.1, 0.15) is 0 Å². The fourth-order valence-electron chi connectivity index (χ4n) is 3.89. The summed E-state index contributed by atoms with van der Waals surface area (Å²) >= 11 is 0. The maximum Gasteiger partial charge on any atom is 0.224 e. The number of nitrogens with zero attached hydrogens (tertiary/aromatic N) is 2. The van der Waals surface area contributed by atoms with Crippen LogP contribution >= 0.6 is 0 Å². The molecule has 0 spiro atoms. The van der Waals surface area contributed by atoms with Crippen LogP contribution in [0, 0.1) is 6.92 Å². The lowest BCUT2D eigenvalue weighted by molar-refractivity contribution is -0.130. The first-order valence-electron chi connectivity index (χ1n) is 8.80. The van der Waals surface area contributed by atoms with E-state index >= 15 is 0 Å². The summed E-state index contributed by atoms with van der Waals surface area (Å²) in [4.78, 5) is 17.1. The Hall–Kier alpha value is -1.35. The van der Waals surface area contributed by atoms with Crippen molar-refractivity contribution in [2.24, 2.45) is 0 Å². The molecule has 1 saturated carbocycles. The van der Waals surface area contributed by atoms with Crippen LogP contribution in [-0.2, 0) is 11.3 Å².